The van der Waals surface area contributed by atoms with Crippen molar-refractivity contribution in [1.82, 2.24) is 0 Å². The molecule has 0 amide bonds. The van der Waals surface area contributed by atoms with E-state index in [1.807, 2.05) is 0 Å². The van der Waals surface area contributed by atoms with Crippen LogP contribution in [0.5, 0.6) is 0 Å². The summed E-state index contributed by atoms with van der Waals surface area (Å²) in [4.78, 5) is 0. The molecule has 1 aromatic carbocycles. The fourth-order valence-electron chi connectivity index (χ4n) is 1.50. The van der Waals surface area contributed by atoms with Crippen molar-refractivity contribution in [3.63, 3.8) is 0 Å². The highest BCUT2D eigenvalue weighted by atomic mass is 35.5. The zero-order valence-corrected chi connectivity index (χ0v) is 11.1. The third kappa shape index (κ3) is 4.65. The van der Waals surface area contributed by atoms with Crippen molar-refractivity contribution < 1.29 is 13.2 Å². The van der Waals surface area contributed by atoms with Crippen LogP contribution >= 0.6 is 24.0 Å². The number of hydrogen-bond donors (Lipinski definition) is 2. The lowest BCUT2D eigenvalue weighted by Gasteiger charge is -2.15. The first kappa shape index (κ1) is 17.5. The summed E-state index contributed by atoms with van der Waals surface area (Å²) < 4.78 is 37.5. The second-order valence-electron chi connectivity index (χ2n) is 3.77. The molecule has 0 heterocycles. The van der Waals surface area contributed by atoms with Crippen LogP contribution in [0, 0.1) is 0 Å². The van der Waals surface area contributed by atoms with E-state index in [-0.39, 0.29) is 17.4 Å². The Bertz CT molecular complexity index is 383. The molecule has 0 aliphatic rings. The molecule has 0 aromatic heterocycles. The van der Waals surface area contributed by atoms with Gasteiger partial charge in [0.15, 0.2) is 0 Å². The average Bonchev–Trinajstić information content (AvgIpc) is 2.24. The molecule has 1 atom stereocenters. The minimum absolute atomic E-state index is 0. The Morgan fingerprint density at radius 3 is 2.39 bits per heavy atom. The Balaban J connectivity index is 0.00000289. The lowest BCUT2D eigenvalue weighted by molar-refractivity contribution is -0.137. The number of nitrogens with two attached hydrogens (primary N) is 2. The molecule has 0 spiro atoms. The summed E-state index contributed by atoms with van der Waals surface area (Å²) in [5, 5.41) is 0.252. The van der Waals surface area contributed by atoms with E-state index < -0.39 is 17.8 Å². The van der Waals surface area contributed by atoms with Gasteiger partial charge in [0.05, 0.1) is 5.56 Å². The van der Waals surface area contributed by atoms with E-state index in [1.165, 1.54) is 6.07 Å². The molecule has 1 aromatic rings. The number of alkyl halides is 3. The van der Waals surface area contributed by atoms with E-state index in [9.17, 15) is 13.2 Å². The smallest absolute Gasteiger partial charge is 0.330 e. The molecule has 7 heteroatoms. The van der Waals surface area contributed by atoms with Crippen LogP contribution in [0.1, 0.15) is 30.0 Å². The molecule has 2 nitrogen and oxygen atoms in total. The lowest BCUT2D eigenvalue weighted by Crippen LogP contribution is -2.14. The maximum atomic E-state index is 12.5. The average molecular weight is 303 g/mol. The van der Waals surface area contributed by atoms with Gasteiger partial charge in [-0.25, -0.2) is 0 Å². The van der Waals surface area contributed by atoms with Crippen molar-refractivity contribution in [1.29, 1.82) is 0 Å². The third-order valence-corrected chi connectivity index (χ3v) is 2.79. The van der Waals surface area contributed by atoms with Crippen molar-refractivity contribution >= 4 is 24.0 Å². The quantitative estimate of drug-likeness (QED) is 0.894. The summed E-state index contributed by atoms with van der Waals surface area (Å²) in [5.74, 6) is 0. The number of hydrogen-bond acceptors (Lipinski definition) is 2. The Labute approximate surface area is 115 Å². The van der Waals surface area contributed by atoms with E-state index in [0.29, 0.717) is 24.9 Å². The van der Waals surface area contributed by atoms with Gasteiger partial charge in [-0.3, -0.25) is 0 Å². The van der Waals surface area contributed by atoms with Crippen molar-refractivity contribution in [3.05, 3.63) is 34.3 Å². The van der Waals surface area contributed by atoms with Gasteiger partial charge in [0.1, 0.15) is 0 Å². The maximum absolute atomic E-state index is 12.5. The van der Waals surface area contributed by atoms with Crippen molar-refractivity contribution in [3.8, 4) is 0 Å². The molecule has 0 bridgehead atoms. The van der Waals surface area contributed by atoms with Crippen molar-refractivity contribution in [2.45, 2.75) is 25.1 Å². The fraction of sp³-hybridized carbons (Fsp3) is 0.455. The van der Waals surface area contributed by atoms with Crippen LogP contribution in [0.3, 0.4) is 0 Å². The van der Waals surface area contributed by atoms with E-state index in [0.717, 1.165) is 12.1 Å². The molecule has 0 aliphatic carbocycles. The maximum Gasteiger partial charge on any atom is 0.416 e. The predicted molar refractivity (Wildman–Crippen MR) is 68.9 cm³/mol. The first-order valence-electron chi connectivity index (χ1n) is 5.18. The van der Waals surface area contributed by atoms with Gasteiger partial charge in [0.25, 0.3) is 0 Å². The molecule has 0 aliphatic heterocycles. The van der Waals surface area contributed by atoms with Crippen LogP contribution in [-0.4, -0.2) is 6.54 Å². The van der Waals surface area contributed by atoms with Gasteiger partial charge in [-0.15, -0.1) is 12.4 Å². The molecule has 0 radical (unpaired) electrons. The lowest BCUT2D eigenvalue weighted by atomic mass is 10.0. The fourth-order valence-corrected chi connectivity index (χ4v) is 1.76. The predicted octanol–water partition coefficient (Wildman–Crippen LogP) is 3.52. The number of halogens is 5. The second kappa shape index (κ2) is 7.19. The molecule has 104 valence electrons. The van der Waals surface area contributed by atoms with Gasteiger partial charge >= 0.3 is 6.18 Å². The summed E-state index contributed by atoms with van der Waals surface area (Å²) in [6.45, 7) is 0.449. The molecule has 1 rings (SSSR count). The summed E-state index contributed by atoms with van der Waals surface area (Å²) in [7, 11) is 0. The first-order chi connectivity index (χ1) is 7.86. The first-order valence-corrected chi connectivity index (χ1v) is 5.56. The summed E-state index contributed by atoms with van der Waals surface area (Å²) in [6, 6.07) is 2.65. The van der Waals surface area contributed by atoms with Gasteiger partial charge in [0, 0.05) is 11.1 Å². The van der Waals surface area contributed by atoms with Crippen LogP contribution < -0.4 is 11.5 Å². The van der Waals surface area contributed by atoms with Gasteiger partial charge in [-0.1, -0.05) is 11.6 Å². The van der Waals surface area contributed by atoms with Crippen LogP contribution in [0.2, 0.25) is 5.02 Å². The molecule has 0 saturated carbocycles. The standard InChI is InChI=1S/C11H14ClF3N2.ClH/c12-9-4-3-7(11(13,14)15)6-8(9)10(17)2-1-5-16;/h3-4,6,10H,1-2,5,16-17H2;1H/t10-;/m0./s1. The Hall–Kier alpha value is -0.490. The Morgan fingerprint density at radius 2 is 1.89 bits per heavy atom. The minimum Gasteiger partial charge on any atom is -0.330 e. The highest BCUT2D eigenvalue weighted by Crippen LogP contribution is 2.34. The Morgan fingerprint density at radius 1 is 1.28 bits per heavy atom. The van der Waals surface area contributed by atoms with Gasteiger partial charge in [-0.05, 0) is 43.1 Å². The summed E-state index contributed by atoms with van der Waals surface area (Å²) in [6.07, 6.45) is -3.22. The monoisotopic (exact) mass is 302 g/mol. The van der Waals surface area contributed by atoms with E-state index >= 15 is 0 Å². The molecular formula is C11H15Cl2F3N2. The van der Waals surface area contributed by atoms with E-state index in [2.05, 4.69) is 0 Å². The van der Waals surface area contributed by atoms with Crippen LogP contribution in [0.4, 0.5) is 13.2 Å². The van der Waals surface area contributed by atoms with Crippen LogP contribution in [0.15, 0.2) is 18.2 Å². The van der Waals surface area contributed by atoms with Gasteiger partial charge in [0.2, 0.25) is 0 Å². The van der Waals surface area contributed by atoms with E-state index in [4.69, 9.17) is 23.1 Å². The highest BCUT2D eigenvalue weighted by Gasteiger charge is 2.31. The number of benzene rings is 1. The molecule has 0 unspecified atom stereocenters. The normalized spacial score (nSPS) is 13.0. The molecule has 18 heavy (non-hydrogen) atoms. The summed E-state index contributed by atoms with van der Waals surface area (Å²) >= 11 is 5.84. The highest BCUT2D eigenvalue weighted by molar-refractivity contribution is 6.31. The topological polar surface area (TPSA) is 52.0 Å². The second-order valence-corrected chi connectivity index (χ2v) is 4.18. The van der Waals surface area contributed by atoms with Crippen LogP contribution in [-0.2, 0) is 6.18 Å². The zero-order valence-electron chi connectivity index (χ0n) is 9.51. The number of rotatable bonds is 4. The molecule has 0 saturated heterocycles. The third-order valence-electron chi connectivity index (χ3n) is 2.44. The molecular weight excluding hydrogens is 288 g/mol. The minimum atomic E-state index is -4.38. The Kier molecular flexibility index (Phi) is 6.99. The van der Waals surface area contributed by atoms with Gasteiger partial charge < -0.3 is 11.5 Å². The largest absolute Gasteiger partial charge is 0.416 e. The summed E-state index contributed by atoms with van der Waals surface area (Å²) in [5.41, 5.74) is 10.7. The van der Waals surface area contributed by atoms with Crippen molar-refractivity contribution in [2.24, 2.45) is 11.5 Å². The van der Waals surface area contributed by atoms with E-state index in [1.54, 1.807) is 0 Å². The molecule has 0 fully saturated rings. The molecule has 4 N–H and O–H groups in total. The van der Waals surface area contributed by atoms with Gasteiger partial charge in [-0.2, -0.15) is 13.2 Å². The zero-order chi connectivity index (χ0) is 13.1. The van der Waals surface area contributed by atoms with Crippen molar-refractivity contribution in [2.75, 3.05) is 6.54 Å². The SMILES string of the molecule is Cl.NCCC[C@H](N)c1cc(C(F)(F)F)ccc1Cl. The van der Waals surface area contributed by atoms with Crippen LogP contribution in [0.25, 0.3) is 0 Å².